The molecular formula is C15H18N2O2. The second-order valence-corrected chi connectivity index (χ2v) is 4.91. The molecule has 100 valence electrons. The first kappa shape index (κ1) is 12.2. The van der Waals surface area contributed by atoms with E-state index in [1.165, 1.54) is 18.4 Å². The van der Waals surface area contributed by atoms with E-state index in [1.807, 2.05) is 24.3 Å². The summed E-state index contributed by atoms with van der Waals surface area (Å²) in [5.41, 5.74) is 3.17. The Kier molecular flexibility index (Phi) is 3.25. The molecule has 0 saturated carbocycles. The van der Waals surface area contributed by atoms with Crippen molar-refractivity contribution in [3.63, 3.8) is 0 Å². The summed E-state index contributed by atoms with van der Waals surface area (Å²) < 4.78 is 4.72. The maximum Gasteiger partial charge on any atom is 0.337 e. The molecule has 19 heavy (non-hydrogen) atoms. The minimum atomic E-state index is -0.287. The van der Waals surface area contributed by atoms with Crippen LogP contribution in [0.2, 0.25) is 0 Å². The largest absolute Gasteiger partial charge is 0.465 e. The van der Waals surface area contributed by atoms with Crippen LogP contribution >= 0.6 is 0 Å². The van der Waals surface area contributed by atoms with Crippen molar-refractivity contribution in [2.45, 2.75) is 12.5 Å². The van der Waals surface area contributed by atoms with E-state index in [1.54, 1.807) is 0 Å². The minimum Gasteiger partial charge on any atom is -0.465 e. The maximum atomic E-state index is 11.4. The van der Waals surface area contributed by atoms with E-state index in [4.69, 9.17) is 4.74 Å². The van der Waals surface area contributed by atoms with Crippen molar-refractivity contribution in [2.75, 3.05) is 26.7 Å². The molecule has 4 heteroatoms. The van der Waals surface area contributed by atoms with Crippen LogP contribution < -0.4 is 5.32 Å². The lowest BCUT2D eigenvalue weighted by atomic mass is 10.00. The van der Waals surface area contributed by atoms with Gasteiger partial charge in [-0.15, -0.1) is 0 Å². The fourth-order valence-corrected chi connectivity index (χ4v) is 2.83. The van der Waals surface area contributed by atoms with Crippen LogP contribution in [0.4, 0.5) is 0 Å². The summed E-state index contributed by atoms with van der Waals surface area (Å²) in [4.78, 5) is 13.9. The van der Waals surface area contributed by atoms with Gasteiger partial charge in [0.15, 0.2) is 0 Å². The fraction of sp³-hybridized carbons (Fsp3) is 0.400. The Hall–Kier alpha value is -1.81. The second kappa shape index (κ2) is 5.05. The number of carbonyl (C=O) groups excluding carboxylic acids is 1. The average Bonchev–Trinajstić information content (AvgIpc) is 2.95. The predicted octanol–water partition coefficient (Wildman–Crippen LogP) is 1.71. The number of hydrogen-bond acceptors (Lipinski definition) is 4. The molecule has 1 saturated heterocycles. The molecular weight excluding hydrogens is 240 g/mol. The van der Waals surface area contributed by atoms with Gasteiger partial charge in [0.05, 0.1) is 18.7 Å². The molecule has 1 aromatic rings. The molecule has 4 nitrogen and oxygen atoms in total. The van der Waals surface area contributed by atoms with E-state index in [-0.39, 0.29) is 12.0 Å². The van der Waals surface area contributed by atoms with Gasteiger partial charge in [0.25, 0.3) is 0 Å². The normalized spacial score (nSPS) is 21.8. The average molecular weight is 258 g/mol. The Morgan fingerprint density at radius 2 is 2.11 bits per heavy atom. The van der Waals surface area contributed by atoms with Crippen molar-refractivity contribution in [3.8, 4) is 0 Å². The fourth-order valence-electron chi connectivity index (χ4n) is 2.83. The molecule has 0 amide bonds. The first-order chi connectivity index (χ1) is 9.29. The van der Waals surface area contributed by atoms with Crippen molar-refractivity contribution >= 4 is 5.97 Å². The highest BCUT2D eigenvalue weighted by Crippen LogP contribution is 2.31. The molecule has 1 unspecified atom stereocenters. The number of nitrogens with zero attached hydrogens (tertiary/aromatic N) is 1. The summed E-state index contributed by atoms with van der Waals surface area (Å²) in [5.74, 6) is -0.287. The van der Waals surface area contributed by atoms with Crippen molar-refractivity contribution in [1.29, 1.82) is 0 Å². The number of carbonyl (C=O) groups is 1. The van der Waals surface area contributed by atoms with Crippen LogP contribution in [0.25, 0.3) is 0 Å². The summed E-state index contributed by atoms with van der Waals surface area (Å²) in [5, 5.41) is 3.54. The summed E-state index contributed by atoms with van der Waals surface area (Å²) in [7, 11) is 1.40. The third-order valence-corrected chi connectivity index (χ3v) is 3.81. The van der Waals surface area contributed by atoms with Crippen molar-refractivity contribution in [2.24, 2.45) is 0 Å². The standard InChI is InChI=1S/C15H18N2O2/c1-19-15(18)12-6-4-11(5-7-12)14-13-3-2-9-17(13)10-8-16-14/h3-7,14,16H,2,8-10H2,1H3. The van der Waals surface area contributed by atoms with Crippen molar-refractivity contribution in [1.82, 2.24) is 10.2 Å². The van der Waals surface area contributed by atoms with E-state index in [0.29, 0.717) is 5.56 Å². The number of piperazine rings is 1. The minimum absolute atomic E-state index is 0.253. The van der Waals surface area contributed by atoms with E-state index in [9.17, 15) is 4.79 Å². The summed E-state index contributed by atoms with van der Waals surface area (Å²) in [6.45, 7) is 3.22. The molecule has 1 fully saturated rings. The first-order valence-electron chi connectivity index (χ1n) is 6.66. The van der Waals surface area contributed by atoms with Gasteiger partial charge in [-0.05, 0) is 24.1 Å². The number of ether oxygens (including phenoxy) is 1. The Morgan fingerprint density at radius 3 is 2.84 bits per heavy atom. The molecule has 0 radical (unpaired) electrons. The second-order valence-electron chi connectivity index (χ2n) is 4.91. The topological polar surface area (TPSA) is 41.6 Å². The molecule has 2 heterocycles. The zero-order chi connectivity index (χ0) is 13.2. The van der Waals surface area contributed by atoms with E-state index < -0.39 is 0 Å². The molecule has 0 aliphatic carbocycles. The first-order valence-corrected chi connectivity index (χ1v) is 6.66. The summed E-state index contributed by atoms with van der Waals surface area (Å²) >= 11 is 0. The molecule has 2 aliphatic rings. The number of esters is 1. The Morgan fingerprint density at radius 1 is 1.32 bits per heavy atom. The number of benzene rings is 1. The highest BCUT2D eigenvalue weighted by molar-refractivity contribution is 5.89. The smallest absolute Gasteiger partial charge is 0.337 e. The summed E-state index contributed by atoms with van der Waals surface area (Å²) in [6.07, 6.45) is 3.44. The van der Waals surface area contributed by atoms with E-state index in [0.717, 1.165) is 26.1 Å². The number of nitrogens with one attached hydrogen (secondary N) is 1. The molecule has 2 aliphatic heterocycles. The van der Waals surface area contributed by atoms with E-state index >= 15 is 0 Å². The maximum absolute atomic E-state index is 11.4. The molecule has 0 aromatic heterocycles. The van der Waals surface area contributed by atoms with Gasteiger partial charge in [-0.25, -0.2) is 4.79 Å². The van der Waals surface area contributed by atoms with Gasteiger partial charge in [-0.1, -0.05) is 18.2 Å². The highest BCUT2D eigenvalue weighted by atomic mass is 16.5. The zero-order valence-electron chi connectivity index (χ0n) is 11.1. The highest BCUT2D eigenvalue weighted by Gasteiger charge is 2.28. The lowest BCUT2D eigenvalue weighted by Crippen LogP contribution is -2.42. The quantitative estimate of drug-likeness (QED) is 0.820. The van der Waals surface area contributed by atoms with Gasteiger partial charge >= 0.3 is 5.97 Å². The van der Waals surface area contributed by atoms with Crippen molar-refractivity contribution < 1.29 is 9.53 Å². The lowest BCUT2D eigenvalue weighted by molar-refractivity contribution is 0.0600. The van der Waals surface area contributed by atoms with E-state index in [2.05, 4.69) is 16.3 Å². The van der Waals surface area contributed by atoms with Crippen LogP contribution in [0.1, 0.15) is 28.4 Å². The van der Waals surface area contributed by atoms with Crippen molar-refractivity contribution in [3.05, 3.63) is 47.2 Å². The SMILES string of the molecule is COC(=O)c1ccc(C2NCCN3CCC=C23)cc1. The summed E-state index contributed by atoms with van der Waals surface area (Å²) in [6, 6.07) is 7.93. The van der Waals surface area contributed by atoms with Crippen LogP contribution in [0, 0.1) is 0 Å². The van der Waals surface area contributed by atoms with Gasteiger partial charge in [-0.2, -0.15) is 0 Å². The number of methoxy groups -OCH3 is 1. The third-order valence-electron chi connectivity index (χ3n) is 3.81. The van der Waals surface area contributed by atoms with Crippen LogP contribution in [0.15, 0.2) is 36.0 Å². The number of hydrogen-bond donors (Lipinski definition) is 1. The van der Waals surface area contributed by atoms with Gasteiger partial charge < -0.3 is 15.0 Å². The van der Waals surface area contributed by atoms with Crippen LogP contribution in [0.3, 0.4) is 0 Å². The molecule has 1 atom stereocenters. The van der Waals surface area contributed by atoms with Gasteiger partial charge in [-0.3, -0.25) is 0 Å². The zero-order valence-corrected chi connectivity index (χ0v) is 11.1. The predicted molar refractivity (Wildman–Crippen MR) is 72.8 cm³/mol. The third kappa shape index (κ3) is 2.24. The molecule has 1 N–H and O–H groups in total. The molecule has 0 bridgehead atoms. The van der Waals surface area contributed by atoms with Crippen LogP contribution in [-0.4, -0.2) is 37.6 Å². The Bertz CT molecular complexity index is 507. The molecule has 1 aromatic carbocycles. The number of fused-ring (bicyclic) bond motifs is 1. The molecule has 0 spiro atoms. The lowest BCUT2D eigenvalue weighted by Gasteiger charge is -2.35. The monoisotopic (exact) mass is 258 g/mol. The molecule has 3 rings (SSSR count). The van der Waals surface area contributed by atoms with Gasteiger partial charge in [0, 0.05) is 25.3 Å². The Labute approximate surface area is 113 Å². The van der Waals surface area contributed by atoms with Gasteiger partial charge in [0.1, 0.15) is 0 Å². The van der Waals surface area contributed by atoms with Gasteiger partial charge in [0.2, 0.25) is 0 Å². The Balaban J connectivity index is 1.83. The number of rotatable bonds is 2. The van der Waals surface area contributed by atoms with Crippen LogP contribution in [0.5, 0.6) is 0 Å². The van der Waals surface area contributed by atoms with Crippen LogP contribution in [-0.2, 0) is 4.74 Å².